The molecule has 10 heteroatoms. The van der Waals surface area contributed by atoms with Crippen molar-refractivity contribution >= 4 is 21.9 Å². The van der Waals surface area contributed by atoms with Crippen LogP contribution in [0.1, 0.15) is 19.8 Å². The Morgan fingerprint density at radius 3 is 2.28 bits per heavy atom. The first-order valence-corrected chi connectivity index (χ1v) is 11.8. The number of benzene rings is 2. The summed E-state index contributed by atoms with van der Waals surface area (Å²) in [7, 11) is -2.27. The third-order valence-electron chi connectivity index (χ3n) is 5.14. The van der Waals surface area contributed by atoms with Crippen LogP contribution in [0.3, 0.4) is 0 Å². The Morgan fingerprint density at radius 2 is 1.69 bits per heavy atom. The number of hydrogen-bond donors (Lipinski definition) is 2. The first-order chi connectivity index (χ1) is 15.4. The number of carbonyl (C=O) groups excluding carboxylic acids is 2. The number of hydrogen-bond acceptors (Lipinski definition) is 7. The maximum Gasteiger partial charge on any atom is 0.321 e. The number of amides is 1. The van der Waals surface area contributed by atoms with Crippen LogP contribution in [0.25, 0.3) is 11.1 Å². The smallest absolute Gasteiger partial charge is 0.321 e. The first kappa shape index (κ1) is 23.7. The number of methoxy groups -OCH3 is 1. The van der Waals surface area contributed by atoms with Gasteiger partial charge in [-0.15, -0.1) is 0 Å². The van der Waals surface area contributed by atoms with Gasteiger partial charge in [0, 0.05) is 6.54 Å². The van der Waals surface area contributed by atoms with Crippen LogP contribution in [0, 0.1) is 0 Å². The molecule has 0 bridgehead atoms. The normalized spacial score (nSPS) is 16.5. The van der Waals surface area contributed by atoms with E-state index < -0.39 is 27.9 Å². The van der Waals surface area contributed by atoms with Gasteiger partial charge in [0.25, 0.3) is 5.91 Å². The Hall–Kier alpha value is -2.95. The van der Waals surface area contributed by atoms with E-state index in [0.29, 0.717) is 12.8 Å². The summed E-state index contributed by atoms with van der Waals surface area (Å²) < 4.78 is 37.5. The molecule has 1 fully saturated rings. The molecule has 9 nitrogen and oxygen atoms in total. The molecule has 2 N–H and O–H groups in total. The van der Waals surface area contributed by atoms with Crippen molar-refractivity contribution in [3.63, 3.8) is 0 Å². The third-order valence-corrected chi connectivity index (χ3v) is 7.06. The number of nitrogens with zero attached hydrogens (tertiary/aromatic N) is 1. The van der Waals surface area contributed by atoms with E-state index in [1.54, 1.807) is 38.3 Å². The minimum atomic E-state index is -3.86. The van der Waals surface area contributed by atoms with E-state index in [-0.39, 0.29) is 24.6 Å². The Bertz CT molecular complexity index is 1040. The summed E-state index contributed by atoms with van der Waals surface area (Å²) in [6, 6.07) is 13.2. The number of ether oxygens (including phenoxy) is 2. The van der Waals surface area contributed by atoms with Gasteiger partial charge in [-0.05, 0) is 55.2 Å². The molecule has 1 saturated heterocycles. The van der Waals surface area contributed by atoms with Crippen molar-refractivity contribution < 1.29 is 27.5 Å². The van der Waals surface area contributed by atoms with Gasteiger partial charge in [-0.2, -0.15) is 4.31 Å². The van der Waals surface area contributed by atoms with Crippen molar-refractivity contribution in [1.29, 1.82) is 0 Å². The van der Waals surface area contributed by atoms with Crippen molar-refractivity contribution in [3.8, 4) is 16.9 Å². The third kappa shape index (κ3) is 5.45. The molecule has 1 heterocycles. The van der Waals surface area contributed by atoms with Gasteiger partial charge in [0.1, 0.15) is 18.3 Å². The van der Waals surface area contributed by atoms with Crippen molar-refractivity contribution in [2.24, 2.45) is 0 Å². The zero-order valence-electron chi connectivity index (χ0n) is 18.0. The highest BCUT2D eigenvalue weighted by Gasteiger charge is 2.39. The van der Waals surface area contributed by atoms with E-state index >= 15 is 0 Å². The fraction of sp³-hybridized carbons (Fsp3) is 0.364. The van der Waals surface area contributed by atoms with Crippen LogP contribution in [0.2, 0.25) is 0 Å². The summed E-state index contributed by atoms with van der Waals surface area (Å²) in [4.78, 5) is 24.0. The quantitative estimate of drug-likeness (QED) is 0.432. The molecule has 0 unspecified atom stereocenters. The van der Waals surface area contributed by atoms with E-state index in [2.05, 4.69) is 10.9 Å². The minimum Gasteiger partial charge on any atom is -0.497 e. The SMILES string of the molecule is CCOC(=O)CNNC(=O)[C@@H]1CCCN1S(=O)(=O)c1ccc(-c2ccc(OC)cc2)cc1. The molecule has 1 aliphatic rings. The number of nitrogens with one attached hydrogen (secondary N) is 2. The van der Waals surface area contributed by atoms with E-state index in [0.717, 1.165) is 16.9 Å². The van der Waals surface area contributed by atoms with Gasteiger partial charge in [0.15, 0.2) is 0 Å². The van der Waals surface area contributed by atoms with E-state index in [4.69, 9.17) is 9.47 Å². The summed E-state index contributed by atoms with van der Waals surface area (Å²) in [5.41, 5.74) is 6.69. The van der Waals surface area contributed by atoms with E-state index in [9.17, 15) is 18.0 Å². The highest BCUT2D eigenvalue weighted by molar-refractivity contribution is 7.89. The summed E-state index contributed by atoms with van der Waals surface area (Å²) in [6.07, 6.45) is 0.967. The lowest BCUT2D eigenvalue weighted by Gasteiger charge is -2.23. The van der Waals surface area contributed by atoms with Crippen molar-refractivity contribution in [2.45, 2.75) is 30.7 Å². The molecule has 1 aliphatic heterocycles. The van der Waals surface area contributed by atoms with Crippen LogP contribution >= 0.6 is 0 Å². The number of esters is 1. The lowest BCUT2D eigenvalue weighted by molar-refractivity contribution is -0.142. The summed E-state index contributed by atoms with van der Waals surface area (Å²) in [5, 5.41) is 0. The molecule has 3 rings (SSSR count). The molecule has 0 aliphatic carbocycles. The van der Waals surface area contributed by atoms with Gasteiger partial charge in [0.2, 0.25) is 10.0 Å². The Balaban J connectivity index is 1.68. The Labute approximate surface area is 187 Å². The molecule has 0 spiro atoms. The second-order valence-corrected chi connectivity index (χ2v) is 9.07. The zero-order chi connectivity index (χ0) is 23.1. The molecule has 1 atom stereocenters. The summed E-state index contributed by atoms with van der Waals surface area (Å²) in [5.74, 6) is -0.283. The Morgan fingerprint density at radius 1 is 1.06 bits per heavy atom. The molecule has 1 amide bonds. The predicted molar refractivity (Wildman–Crippen MR) is 118 cm³/mol. The number of sulfonamides is 1. The number of carbonyl (C=O) groups is 2. The molecule has 0 aromatic heterocycles. The van der Waals surface area contributed by atoms with Crippen LogP contribution in [0.4, 0.5) is 0 Å². The average Bonchev–Trinajstić information content (AvgIpc) is 3.30. The van der Waals surface area contributed by atoms with Gasteiger partial charge in [-0.1, -0.05) is 24.3 Å². The van der Waals surface area contributed by atoms with Crippen molar-refractivity contribution in [3.05, 3.63) is 48.5 Å². The maximum atomic E-state index is 13.2. The monoisotopic (exact) mass is 461 g/mol. The number of rotatable bonds is 9. The van der Waals surface area contributed by atoms with E-state index in [1.807, 2.05) is 24.3 Å². The minimum absolute atomic E-state index is 0.119. The summed E-state index contributed by atoms with van der Waals surface area (Å²) in [6.45, 7) is 1.96. The average molecular weight is 462 g/mol. The molecule has 172 valence electrons. The van der Waals surface area contributed by atoms with Crippen molar-refractivity contribution in [2.75, 3.05) is 26.8 Å². The topological polar surface area (TPSA) is 114 Å². The molecule has 32 heavy (non-hydrogen) atoms. The first-order valence-electron chi connectivity index (χ1n) is 10.3. The van der Waals surface area contributed by atoms with Gasteiger partial charge in [-0.3, -0.25) is 15.0 Å². The molecule has 2 aromatic carbocycles. The summed E-state index contributed by atoms with van der Waals surface area (Å²) >= 11 is 0. The van der Waals surface area contributed by atoms with Crippen molar-refractivity contribution in [1.82, 2.24) is 15.2 Å². The largest absolute Gasteiger partial charge is 0.497 e. The van der Waals surface area contributed by atoms with Crippen LogP contribution < -0.4 is 15.6 Å². The predicted octanol–water partition coefficient (Wildman–Crippen LogP) is 1.70. The standard InChI is InChI=1S/C22H27N3O6S/c1-3-31-21(26)15-23-24-22(27)20-5-4-14-25(20)32(28,29)19-12-8-17(9-13-19)16-6-10-18(30-2)11-7-16/h6-13,20,23H,3-5,14-15H2,1-2H3,(H,24,27)/t20-/m0/s1. The van der Waals surface area contributed by atoms with Crippen LogP contribution in [0.5, 0.6) is 5.75 Å². The lowest BCUT2D eigenvalue weighted by atomic mass is 10.1. The van der Waals surface area contributed by atoms with Crippen LogP contribution in [-0.2, 0) is 24.3 Å². The second-order valence-electron chi connectivity index (χ2n) is 7.17. The van der Waals surface area contributed by atoms with Crippen LogP contribution in [0.15, 0.2) is 53.4 Å². The van der Waals surface area contributed by atoms with Gasteiger partial charge >= 0.3 is 5.97 Å². The highest BCUT2D eigenvalue weighted by Crippen LogP contribution is 2.28. The molecule has 2 aromatic rings. The number of hydrazine groups is 1. The Kier molecular flexibility index (Phi) is 7.84. The van der Waals surface area contributed by atoms with Gasteiger partial charge in [0.05, 0.1) is 18.6 Å². The zero-order valence-corrected chi connectivity index (χ0v) is 18.9. The molecular weight excluding hydrogens is 434 g/mol. The molecule has 0 radical (unpaired) electrons. The van der Waals surface area contributed by atoms with E-state index in [1.165, 1.54) is 4.31 Å². The maximum absolute atomic E-state index is 13.2. The van der Waals surface area contributed by atoms with Gasteiger partial charge < -0.3 is 9.47 Å². The van der Waals surface area contributed by atoms with Gasteiger partial charge in [-0.25, -0.2) is 13.8 Å². The molecular formula is C22H27N3O6S. The second kappa shape index (κ2) is 10.6. The fourth-order valence-electron chi connectivity index (χ4n) is 3.53. The van der Waals surface area contributed by atoms with Crippen LogP contribution in [-0.4, -0.2) is 57.4 Å². The lowest BCUT2D eigenvalue weighted by Crippen LogP contribution is -2.51. The molecule has 0 saturated carbocycles. The highest BCUT2D eigenvalue weighted by atomic mass is 32.2. The fourth-order valence-corrected chi connectivity index (χ4v) is 5.18.